The molecule has 0 bridgehead atoms. The number of hydrogen-bond donors (Lipinski definition) is 1. The van der Waals surface area contributed by atoms with Gasteiger partial charge in [-0.05, 0) is 7.05 Å². The van der Waals surface area contributed by atoms with Gasteiger partial charge in [-0.15, -0.1) is 0 Å². The van der Waals surface area contributed by atoms with Crippen LogP contribution in [0.1, 0.15) is 6.42 Å². The molecular formula is C7H11NO3. The van der Waals surface area contributed by atoms with Crippen LogP contribution in [0, 0.1) is 5.92 Å². The Morgan fingerprint density at radius 1 is 1.55 bits per heavy atom. The number of Topliss-reactive ketones (excluding diaryl/α,β-unsaturated/α-hetero) is 1. The Bertz CT molecular complexity index is 156. The molecule has 0 spiro atoms. The Morgan fingerprint density at radius 3 is 2.55 bits per heavy atom. The molecule has 0 fully saturated rings. The summed E-state index contributed by atoms with van der Waals surface area (Å²) in [5, 5.41) is 2.62. The molecule has 0 saturated carbocycles. The summed E-state index contributed by atoms with van der Waals surface area (Å²) in [6.07, 6.45) is 1.07. The summed E-state index contributed by atoms with van der Waals surface area (Å²) in [4.78, 5) is 31.1. The van der Waals surface area contributed by atoms with E-state index in [1.54, 1.807) is 7.05 Å². The third kappa shape index (κ3) is 3.62. The third-order valence-electron chi connectivity index (χ3n) is 1.28. The molecule has 0 rings (SSSR count). The van der Waals surface area contributed by atoms with E-state index in [9.17, 15) is 14.4 Å². The van der Waals surface area contributed by atoms with Crippen LogP contribution in [0.2, 0.25) is 0 Å². The molecule has 0 aromatic rings. The van der Waals surface area contributed by atoms with Crippen molar-refractivity contribution < 1.29 is 14.4 Å². The van der Waals surface area contributed by atoms with Gasteiger partial charge in [0.2, 0.25) is 0 Å². The Morgan fingerprint density at radius 2 is 2.18 bits per heavy atom. The van der Waals surface area contributed by atoms with E-state index in [4.69, 9.17) is 0 Å². The number of rotatable bonds is 6. The summed E-state index contributed by atoms with van der Waals surface area (Å²) in [7, 11) is 1.61. The van der Waals surface area contributed by atoms with Crippen molar-refractivity contribution in [3.05, 3.63) is 0 Å². The predicted octanol–water partition coefficient (Wildman–Crippen LogP) is -0.821. The minimum atomic E-state index is -0.764. The molecule has 0 radical (unpaired) electrons. The van der Waals surface area contributed by atoms with Gasteiger partial charge < -0.3 is 14.9 Å². The van der Waals surface area contributed by atoms with Crippen molar-refractivity contribution >= 4 is 18.4 Å². The fourth-order valence-corrected chi connectivity index (χ4v) is 0.672. The second-order valence-corrected chi connectivity index (χ2v) is 2.14. The van der Waals surface area contributed by atoms with Crippen molar-refractivity contribution in [3.63, 3.8) is 0 Å². The summed E-state index contributed by atoms with van der Waals surface area (Å²) in [5.41, 5.74) is 0. The lowest BCUT2D eigenvalue weighted by molar-refractivity contribution is -0.128. The van der Waals surface area contributed by atoms with E-state index in [0.29, 0.717) is 12.6 Å². The maximum absolute atomic E-state index is 10.9. The van der Waals surface area contributed by atoms with Crippen LogP contribution >= 0.6 is 0 Å². The molecule has 4 heteroatoms. The van der Waals surface area contributed by atoms with E-state index in [-0.39, 0.29) is 18.7 Å². The quantitative estimate of drug-likeness (QED) is 0.404. The summed E-state index contributed by atoms with van der Waals surface area (Å²) < 4.78 is 0. The third-order valence-corrected chi connectivity index (χ3v) is 1.28. The second kappa shape index (κ2) is 5.73. The minimum Gasteiger partial charge on any atom is -0.313 e. The van der Waals surface area contributed by atoms with Crippen LogP contribution in [0.4, 0.5) is 0 Å². The summed E-state index contributed by atoms with van der Waals surface area (Å²) >= 11 is 0. The van der Waals surface area contributed by atoms with E-state index in [2.05, 4.69) is 5.32 Å². The zero-order chi connectivity index (χ0) is 8.69. The van der Waals surface area contributed by atoms with Crippen molar-refractivity contribution in [2.45, 2.75) is 6.42 Å². The van der Waals surface area contributed by atoms with E-state index in [0.717, 1.165) is 0 Å². The summed E-state index contributed by atoms with van der Waals surface area (Å²) in [6, 6.07) is 0. The Balaban J connectivity index is 3.90. The number of likely N-dealkylation sites (N-methyl/N-ethyl adjacent to an activating group) is 1. The van der Waals surface area contributed by atoms with Gasteiger partial charge in [0.25, 0.3) is 0 Å². The average Bonchev–Trinajstić information content (AvgIpc) is 2.00. The molecule has 1 N–H and O–H groups in total. The molecule has 11 heavy (non-hydrogen) atoms. The topological polar surface area (TPSA) is 63.2 Å². The van der Waals surface area contributed by atoms with Crippen LogP contribution < -0.4 is 5.32 Å². The summed E-state index contributed by atoms with van der Waals surface area (Å²) in [6.45, 7) is 0.136. The van der Waals surface area contributed by atoms with Gasteiger partial charge in [0, 0.05) is 6.42 Å². The van der Waals surface area contributed by atoms with Gasteiger partial charge in [-0.2, -0.15) is 0 Å². The Kier molecular flexibility index (Phi) is 5.20. The highest BCUT2D eigenvalue weighted by molar-refractivity contribution is 5.96. The SMILES string of the molecule is CNCC(=O)C(C=O)CC=O. The first-order chi connectivity index (χ1) is 5.26. The van der Waals surface area contributed by atoms with Crippen molar-refractivity contribution in [2.24, 2.45) is 5.92 Å². The zero-order valence-electron chi connectivity index (χ0n) is 6.37. The van der Waals surface area contributed by atoms with Gasteiger partial charge in [-0.3, -0.25) is 4.79 Å². The predicted molar refractivity (Wildman–Crippen MR) is 39.2 cm³/mol. The van der Waals surface area contributed by atoms with Gasteiger partial charge in [0.1, 0.15) is 12.6 Å². The molecule has 0 aromatic heterocycles. The highest BCUT2D eigenvalue weighted by Crippen LogP contribution is 1.97. The van der Waals surface area contributed by atoms with Gasteiger partial charge >= 0.3 is 0 Å². The number of ketones is 1. The normalized spacial score (nSPS) is 12.1. The molecule has 0 aliphatic heterocycles. The second-order valence-electron chi connectivity index (χ2n) is 2.14. The molecule has 0 amide bonds. The smallest absolute Gasteiger partial charge is 0.157 e. The standard InChI is InChI=1S/C7H11NO3/c1-8-4-7(11)6(5-10)2-3-9/h3,5-6,8H,2,4H2,1H3. The largest absolute Gasteiger partial charge is 0.313 e. The first-order valence-electron chi connectivity index (χ1n) is 3.32. The number of carbonyl (C=O) groups is 3. The van der Waals surface area contributed by atoms with Crippen molar-refractivity contribution in [3.8, 4) is 0 Å². The first-order valence-corrected chi connectivity index (χ1v) is 3.32. The Labute approximate surface area is 65.0 Å². The van der Waals surface area contributed by atoms with Gasteiger partial charge in [0.15, 0.2) is 5.78 Å². The van der Waals surface area contributed by atoms with Crippen LogP contribution in [-0.4, -0.2) is 31.9 Å². The fraction of sp³-hybridized carbons (Fsp3) is 0.571. The van der Waals surface area contributed by atoms with Crippen LogP contribution in [0.15, 0.2) is 0 Å². The number of carbonyl (C=O) groups excluding carboxylic acids is 3. The summed E-state index contributed by atoms with van der Waals surface area (Å²) in [5.74, 6) is -1.01. The van der Waals surface area contributed by atoms with Crippen LogP contribution in [0.5, 0.6) is 0 Å². The van der Waals surface area contributed by atoms with Gasteiger partial charge in [-0.1, -0.05) is 0 Å². The van der Waals surface area contributed by atoms with Crippen LogP contribution in [0.25, 0.3) is 0 Å². The average molecular weight is 157 g/mol. The Hall–Kier alpha value is -1.03. The highest BCUT2D eigenvalue weighted by atomic mass is 16.1. The lowest BCUT2D eigenvalue weighted by atomic mass is 10.0. The van der Waals surface area contributed by atoms with Crippen LogP contribution in [0.3, 0.4) is 0 Å². The highest BCUT2D eigenvalue weighted by Gasteiger charge is 2.15. The van der Waals surface area contributed by atoms with E-state index >= 15 is 0 Å². The van der Waals surface area contributed by atoms with E-state index in [1.165, 1.54) is 0 Å². The van der Waals surface area contributed by atoms with Gasteiger partial charge in [-0.25, -0.2) is 0 Å². The molecule has 1 unspecified atom stereocenters. The monoisotopic (exact) mass is 157 g/mol. The van der Waals surface area contributed by atoms with Crippen LogP contribution in [-0.2, 0) is 14.4 Å². The van der Waals surface area contributed by atoms with E-state index < -0.39 is 5.92 Å². The maximum atomic E-state index is 10.9. The number of nitrogens with one attached hydrogen (secondary N) is 1. The lowest BCUT2D eigenvalue weighted by Gasteiger charge is -2.03. The van der Waals surface area contributed by atoms with Crippen molar-refractivity contribution in [1.82, 2.24) is 5.32 Å². The first kappa shape index (κ1) is 9.97. The molecule has 62 valence electrons. The molecule has 4 nitrogen and oxygen atoms in total. The molecule has 0 heterocycles. The molecule has 0 saturated heterocycles. The molecule has 0 aliphatic carbocycles. The fourth-order valence-electron chi connectivity index (χ4n) is 0.672. The molecular weight excluding hydrogens is 146 g/mol. The molecule has 1 atom stereocenters. The number of hydrogen-bond acceptors (Lipinski definition) is 4. The van der Waals surface area contributed by atoms with E-state index in [1.807, 2.05) is 0 Å². The minimum absolute atomic E-state index is 0.00991. The maximum Gasteiger partial charge on any atom is 0.157 e. The van der Waals surface area contributed by atoms with Crippen molar-refractivity contribution in [1.29, 1.82) is 0 Å². The van der Waals surface area contributed by atoms with Gasteiger partial charge in [0.05, 0.1) is 12.5 Å². The molecule has 0 aromatic carbocycles. The zero-order valence-corrected chi connectivity index (χ0v) is 6.37. The number of aldehydes is 2. The van der Waals surface area contributed by atoms with Crippen molar-refractivity contribution in [2.75, 3.05) is 13.6 Å². The lowest BCUT2D eigenvalue weighted by Crippen LogP contribution is -2.27. The molecule has 0 aliphatic rings.